The molecular formula is C7H11N3O. The lowest BCUT2D eigenvalue weighted by molar-refractivity contribution is 0.268. The highest BCUT2D eigenvalue weighted by atomic mass is 16.3. The predicted molar refractivity (Wildman–Crippen MR) is 42.7 cm³/mol. The van der Waals surface area contributed by atoms with Crippen LogP contribution in [0.15, 0.2) is 18.3 Å². The number of aromatic nitrogens is 1. The van der Waals surface area contributed by atoms with Crippen molar-refractivity contribution < 1.29 is 5.11 Å². The molecule has 0 aromatic carbocycles. The van der Waals surface area contributed by atoms with Crippen LogP contribution >= 0.6 is 0 Å². The van der Waals surface area contributed by atoms with Gasteiger partial charge in [0.1, 0.15) is 5.82 Å². The summed E-state index contributed by atoms with van der Waals surface area (Å²) in [7, 11) is 0. The molecule has 0 fully saturated rings. The van der Waals surface area contributed by atoms with E-state index in [4.69, 9.17) is 16.6 Å². The number of rotatable bonds is 2. The molecule has 4 nitrogen and oxygen atoms in total. The van der Waals surface area contributed by atoms with Crippen LogP contribution in [0.3, 0.4) is 0 Å². The Hall–Kier alpha value is -1.13. The summed E-state index contributed by atoms with van der Waals surface area (Å²) in [4.78, 5) is 3.83. The molecule has 1 aromatic rings. The van der Waals surface area contributed by atoms with Crippen LogP contribution in [-0.2, 0) is 0 Å². The maximum Gasteiger partial charge on any atom is 0.123 e. The highest BCUT2D eigenvalue weighted by Gasteiger charge is 2.02. The molecule has 60 valence electrons. The summed E-state index contributed by atoms with van der Waals surface area (Å²) in [6.07, 6.45) is 1.57. The molecular weight excluding hydrogens is 142 g/mol. The van der Waals surface area contributed by atoms with E-state index >= 15 is 0 Å². The van der Waals surface area contributed by atoms with E-state index in [0.29, 0.717) is 5.82 Å². The van der Waals surface area contributed by atoms with E-state index in [2.05, 4.69) is 4.98 Å². The van der Waals surface area contributed by atoms with Gasteiger partial charge in [-0.1, -0.05) is 6.07 Å². The van der Waals surface area contributed by atoms with Crippen LogP contribution in [0.25, 0.3) is 0 Å². The van der Waals surface area contributed by atoms with Gasteiger partial charge >= 0.3 is 0 Å². The second kappa shape index (κ2) is 3.32. The minimum atomic E-state index is -0.358. The second-order valence-corrected chi connectivity index (χ2v) is 2.31. The molecule has 0 aliphatic heterocycles. The lowest BCUT2D eigenvalue weighted by atomic mass is 10.1. The molecule has 1 heterocycles. The lowest BCUT2D eigenvalue weighted by Crippen LogP contribution is -2.14. The van der Waals surface area contributed by atoms with Crippen molar-refractivity contribution in [2.45, 2.75) is 6.04 Å². The summed E-state index contributed by atoms with van der Waals surface area (Å²) in [5.41, 5.74) is 11.7. The highest BCUT2D eigenvalue weighted by Crippen LogP contribution is 2.08. The van der Waals surface area contributed by atoms with E-state index in [1.165, 1.54) is 0 Å². The smallest absolute Gasteiger partial charge is 0.123 e. The molecule has 1 aromatic heterocycles. The van der Waals surface area contributed by atoms with Gasteiger partial charge < -0.3 is 16.6 Å². The quantitative estimate of drug-likeness (QED) is 0.542. The van der Waals surface area contributed by atoms with Gasteiger partial charge in [-0.15, -0.1) is 0 Å². The Labute approximate surface area is 64.9 Å². The van der Waals surface area contributed by atoms with Crippen LogP contribution in [0.4, 0.5) is 5.82 Å². The summed E-state index contributed by atoms with van der Waals surface area (Å²) < 4.78 is 0. The Kier molecular flexibility index (Phi) is 2.40. The van der Waals surface area contributed by atoms with Gasteiger partial charge in [-0.05, 0) is 11.6 Å². The summed E-state index contributed by atoms with van der Waals surface area (Å²) in [6, 6.07) is 3.05. The molecule has 0 spiro atoms. The largest absolute Gasteiger partial charge is 0.394 e. The molecule has 0 bridgehead atoms. The summed E-state index contributed by atoms with van der Waals surface area (Å²) in [6.45, 7) is -0.0778. The number of hydrogen-bond donors (Lipinski definition) is 3. The zero-order valence-corrected chi connectivity index (χ0v) is 6.07. The fraction of sp³-hybridized carbons (Fsp3) is 0.286. The number of nitrogen functional groups attached to an aromatic ring is 1. The molecule has 0 amide bonds. The average molecular weight is 153 g/mol. The van der Waals surface area contributed by atoms with Crippen molar-refractivity contribution in [3.63, 3.8) is 0 Å². The van der Waals surface area contributed by atoms with Gasteiger partial charge in [0.2, 0.25) is 0 Å². The fourth-order valence-corrected chi connectivity index (χ4v) is 0.741. The van der Waals surface area contributed by atoms with E-state index in [-0.39, 0.29) is 12.6 Å². The van der Waals surface area contributed by atoms with Gasteiger partial charge in [0.05, 0.1) is 12.6 Å². The van der Waals surface area contributed by atoms with E-state index in [1.54, 1.807) is 18.3 Å². The van der Waals surface area contributed by atoms with Crippen molar-refractivity contribution in [1.82, 2.24) is 4.98 Å². The number of nitrogens with two attached hydrogens (primary N) is 2. The van der Waals surface area contributed by atoms with Crippen LogP contribution in [-0.4, -0.2) is 16.7 Å². The predicted octanol–water partition coefficient (Wildman–Crippen LogP) is -0.344. The fourth-order valence-electron chi connectivity index (χ4n) is 0.741. The lowest BCUT2D eigenvalue weighted by Gasteiger charge is -2.06. The Bertz CT molecular complexity index is 222. The first-order valence-corrected chi connectivity index (χ1v) is 3.32. The number of aliphatic hydroxyl groups excluding tert-OH is 1. The third kappa shape index (κ3) is 1.89. The molecule has 4 heteroatoms. The zero-order chi connectivity index (χ0) is 8.27. The Morgan fingerprint density at radius 2 is 2.27 bits per heavy atom. The first kappa shape index (κ1) is 7.97. The van der Waals surface area contributed by atoms with Gasteiger partial charge in [0.15, 0.2) is 0 Å². The number of hydrogen-bond acceptors (Lipinski definition) is 4. The van der Waals surface area contributed by atoms with E-state index < -0.39 is 0 Å². The van der Waals surface area contributed by atoms with Gasteiger partial charge in [0.25, 0.3) is 0 Å². The first-order chi connectivity index (χ1) is 5.24. The molecule has 1 rings (SSSR count). The normalized spacial score (nSPS) is 12.9. The van der Waals surface area contributed by atoms with E-state index in [0.717, 1.165) is 5.56 Å². The Morgan fingerprint density at radius 3 is 2.73 bits per heavy atom. The van der Waals surface area contributed by atoms with Crippen molar-refractivity contribution >= 4 is 5.82 Å². The van der Waals surface area contributed by atoms with Crippen LogP contribution in [0, 0.1) is 0 Å². The van der Waals surface area contributed by atoms with Crippen molar-refractivity contribution in [2.24, 2.45) is 5.73 Å². The number of pyridine rings is 1. The molecule has 0 aliphatic rings. The molecule has 0 saturated carbocycles. The Morgan fingerprint density at radius 1 is 1.55 bits per heavy atom. The van der Waals surface area contributed by atoms with Crippen molar-refractivity contribution in [2.75, 3.05) is 12.3 Å². The molecule has 0 aliphatic carbocycles. The molecule has 1 unspecified atom stereocenters. The maximum atomic E-state index is 8.67. The second-order valence-electron chi connectivity index (χ2n) is 2.31. The van der Waals surface area contributed by atoms with E-state index in [9.17, 15) is 0 Å². The zero-order valence-electron chi connectivity index (χ0n) is 6.07. The SMILES string of the molecule is Nc1ccc(C(N)CO)cn1. The van der Waals surface area contributed by atoms with Crippen LogP contribution in [0.5, 0.6) is 0 Å². The molecule has 11 heavy (non-hydrogen) atoms. The topological polar surface area (TPSA) is 85.2 Å². The maximum absolute atomic E-state index is 8.67. The van der Waals surface area contributed by atoms with Crippen LogP contribution < -0.4 is 11.5 Å². The van der Waals surface area contributed by atoms with Gasteiger partial charge in [-0.3, -0.25) is 0 Å². The van der Waals surface area contributed by atoms with Crippen molar-refractivity contribution in [1.29, 1.82) is 0 Å². The van der Waals surface area contributed by atoms with Crippen LogP contribution in [0.1, 0.15) is 11.6 Å². The average Bonchev–Trinajstić information content (AvgIpc) is 2.05. The first-order valence-electron chi connectivity index (χ1n) is 3.32. The van der Waals surface area contributed by atoms with E-state index in [1.807, 2.05) is 0 Å². The number of nitrogens with zero attached hydrogens (tertiary/aromatic N) is 1. The monoisotopic (exact) mass is 153 g/mol. The summed E-state index contributed by atoms with van der Waals surface area (Å²) in [5, 5.41) is 8.67. The number of anilines is 1. The highest BCUT2D eigenvalue weighted by molar-refractivity contribution is 5.30. The summed E-state index contributed by atoms with van der Waals surface area (Å²) >= 11 is 0. The summed E-state index contributed by atoms with van der Waals surface area (Å²) in [5.74, 6) is 0.457. The van der Waals surface area contributed by atoms with Gasteiger partial charge in [-0.2, -0.15) is 0 Å². The van der Waals surface area contributed by atoms with Gasteiger partial charge in [0, 0.05) is 6.20 Å². The number of aliphatic hydroxyl groups is 1. The molecule has 0 radical (unpaired) electrons. The third-order valence-corrected chi connectivity index (χ3v) is 1.43. The standard InChI is InChI=1S/C7H11N3O/c8-6(4-11)5-1-2-7(9)10-3-5/h1-3,6,11H,4,8H2,(H2,9,10). The molecule has 5 N–H and O–H groups in total. The molecule has 0 saturated heterocycles. The van der Waals surface area contributed by atoms with Crippen molar-refractivity contribution in [3.8, 4) is 0 Å². The van der Waals surface area contributed by atoms with Crippen molar-refractivity contribution in [3.05, 3.63) is 23.9 Å². The minimum Gasteiger partial charge on any atom is -0.394 e. The van der Waals surface area contributed by atoms with Crippen LogP contribution in [0.2, 0.25) is 0 Å². The van der Waals surface area contributed by atoms with Gasteiger partial charge in [-0.25, -0.2) is 4.98 Å². The Balaban J connectivity index is 2.81. The molecule has 1 atom stereocenters. The minimum absolute atomic E-state index is 0.0778. The third-order valence-electron chi connectivity index (χ3n) is 1.43.